The van der Waals surface area contributed by atoms with E-state index in [0.29, 0.717) is 24.9 Å². The first-order valence-electron chi connectivity index (χ1n) is 7.43. The van der Waals surface area contributed by atoms with E-state index in [0.717, 1.165) is 31.2 Å². The number of carbonyl (C=O) groups is 1. The predicted molar refractivity (Wildman–Crippen MR) is 76.5 cm³/mol. The van der Waals surface area contributed by atoms with Gasteiger partial charge in [0.05, 0.1) is 0 Å². The molecule has 0 bridgehead atoms. The van der Waals surface area contributed by atoms with Gasteiger partial charge in [0.1, 0.15) is 5.82 Å². The lowest BCUT2D eigenvalue weighted by molar-refractivity contribution is -0.133. The van der Waals surface area contributed by atoms with E-state index < -0.39 is 0 Å². The smallest absolute Gasteiger partial charge is 0.223 e. The van der Waals surface area contributed by atoms with Gasteiger partial charge >= 0.3 is 0 Å². The second kappa shape index (κ2) is 5.78. The van der Waals surface area contributed by atoms with E-state index in [1.165, 1.54) is 12.1 Å². The van der Waals surface area contributed by atoms with Gasteiger partial charge in [-0.25, -0.2) is 4.39 Å². The van der Waals surface area contributed by atoms with Crippen molar-refractivity contribution in [2.75, 3.05) is 0 Å². The summed E-state index contributed by atoms with van der Waals surface area (Å²) in [6.07, 6.45) is 9.36. The Morgan fingerprint density at radius 1 is 1.20 bits per heavy atom. The van der Waals surface area contributed by atoms with Gasteiger partial charge in [-0.1, -0.05) is 24.3 Å². The van der Waals surface area contributed by atoms with Gasteiger partial charge in [0.2, 0.25) is 5.91 Å². The van der Waals surface area contributed by atoms with Crippen molar-refractivity contribution >= 4 is 5.91 Å². The third-order valence-electron chi connectivity index (χ3n) is 4.12. The van der Waals surface area contributed by atoms with Gasteiger partial charge in [-0.2, -0.15) is 0 Å². The molecule has 1 amide bonds. The third-order valence-corrected chi connectivity index (χ3v) is 4.12. The lowest BCUT2D eigenvalue weighted by Gasteiger charge is -2.24. The number of carbonyl (C=O) groups excluding carboxylic acids is 1. The van der Waals surface area contributed by atoms with E-state index in [9.17, 15) is 9.18 Å². The van der Waals surface area contributed by atoms with Crippen molar-refractivity contribution in [3.05, 3.63) is 47.8 Å². The van der Waals surface area contributed by atoms with Crippen LogP contribution in [0.3, 0.4) is 0 Å². The fourth-order valence-electron chi connectivity index (χ4n) is 2.80. The van der Waals surface area contributed by atoms with Crippen molar-refractivity contribution in [3.63, 3.8) is 0 Å². The fraction of sp³-hybridized carbons (Fsp3) is 0.471. The highest BCUT2D eigenvalue weighted by molar-refractivity contribution is 5.77. The SMILES string of the molecule is O=C(CC1C=CCC1)N(Cc1ccc(F)cc1)C1CC1. The van der Waals surface area contributed by atoms with Crippen LogP contribution in [0.25, 0.3) is 0 Å². The van der Waals surface area contributed by atoms with E-state index in [1.54, 1.807) is 12.1 Å². The average Bonchev–Trinajstić information content (AvgIpc) is 3.15. The first-order chi connectivity index (χ1) is 9.72. The summed E-state index contributed by atoms with van der Waals surface area (Å²) in [6.45, 7) is 0.611. The molecule has 0 radical (unpaired) electrons. The van der Waals surface area contributed by atoms with Crippen molar-refractivity contribution in [1.82, 2.24) is 4.90 Å². The van der Waals surface area contributed by atoms with E-state index in [4.69, 9.17) is 0 Å². The molecule has 1 fully saturated rings. The lowest BCUT2D eigenvalue weighted by Crippen LogP contribution is -2.33. The zero-order chi connectivity index (χ0) is 13.9. The number of allylic oxidation sites excluding steroid dienone is 2. The van der Waals surface area contributed by atoms with E-state index in [1.807, 2.05) is 4.90 Å². The summed E-state index contributed by atoms with van der Waals surface area (Å²) in [5.74, 6) is 0.430. The van der Waals surface area contributed by atoms with Crippen LogP contribution in [0.1, 0.15) is 37.7 Å². The first kappa shape index (κ1) is 13.3. The van der Waals surface area contributed by atoms with Gasteiger partial charge in [0.15, 0.2) is 0 Å². The Morgan fingerprint density at radius 2 is 1.95 bits per heavy atom. The van der Waals surface area contributed by atoms with Crippen LogP contribution < -0.4 is 0 Å². The molecule has 1 saturated carbocycles. The molecule has 0 aliphatic heterocycles. The molecule has 2 nitrogen and oxygen atoms in total. The number of hydrogen-bond donors (Lipinski definition) is 0. The van der Waals surface area contributed by atoms with Crippen LogP contribution >= 0.6 is 0 Å². The Bertz CT molecular complexity index is 504. The van der Waals surface area contributed by atoms with Crippen LogP contribution in [0.4, 0.5) is 4.39 Å². The normalized spacial score (nSPS) is 21.1. The maximum absolute atomic E-state index is 12.9. The molecule has 3 rings (SSSR count). The van der Waals surface area contributed by atoms with E-state index >= 15 is 0 Å². The summed E-state index contributed by atoms with van der Waals surface area (Å²) in [6, 6.07) is 6.87. The van der Waals surface area contributed by atoms with Gasteiger partial charge in [0.25, 0.3) is 0 Å². The quantitative estimate of drug-likeness (QED) is 0.749. The Labute approximate surface area is 119 Å². The summed E-state index contributed by atoms with van der Waals surface area (Å²) in [7, 11) is 0. The molecule has 1 aromatic rings. The molecule has 0 spiro atoms. The molecule has 1 unspecified atom stereocenters. The largest absolute Gasteiger partial charge is 0.335 e. The van der Waals surface area contributed by atoms with Crippen LogP contribution in [0.15, 0.2) is 36.4 Å². The molecule has 2 aliphatic carbocycles. The van der Waals surface area contributed by atoms with E-state index in [2.05, 4.69) is 12.2 Å². The van der Waals surface area contributed by atoms with Gasteiger partial charge in [-0.3, -0.25) is 4.79 Å². The molecule has 1 atom stereocenters. The summed E-state index contributed by atoms with van der Waals surface area (Å²) in [4.78, 5) is 14.5. The van der Waals surface area contributed by atoms with Gasteiger partial charge in [0, 0.05) is 19.0 Å². The molecule has 2 aliphatic rings. The summed E-state index contributed by atoms with van der Waals surface area (Å²) in [5.41, 5.74) is 1.01. The zero-order valence-corrected chi connectivity index (χ0v) is 11.6. The molecule has 0 aromatic heterocycles. The van der Waals surface area contributed by atoms with Crippen molar-refractivity contribution in [2.45, 2.75) is 44.7 Å². The van der Waals surface area contributed by atoms with Crippen LogP contribution in [0, 0.1) is 11.7 Å². The maximum atomic E-state index is 12.9. The average molecular weight is 273 g/mol. The number of halogens is 1. The summed E-state index contributed by atoms with van der Waals surface area (Å²) >= 11 is 0. The fourth-order valence-corrected chi connectivity index (χ4v) is 2.80. The van der Waals surface area contributed by atoms with Crippen molar-refractivity contribution in [3.8, 4) is 0 Å². The predicted octanol–water partition coefficient (Wildman–Crippen LogP) is 3.67. The number of hydrogen-bond acceptors (Lipinski definition) is 1. The topological polar surface area (TPSA) is 20.3 Å². The molecule has 106 valence electrons. The minimum absolute atomic E-state index is 0.228. The van der Waals surface area contributed by atoms with Crippen LogP contribution in [0.2, 0.25) is 0 Å². The summed E-state index contributed by atoms with van der Waals surface area (Å²) in [5, 5.41) is 0. The second-order valence-corrected chi connectivity index (χ2v) is 5.85. The maximum Gasteiger partial charge on any atom is 0.223 e. The van der Waals surface area contributed by atoms with Gasteiger partial charge in [-0.05, 0) is 49.3 Å². The molecular formula is C17H20FNO. The van der Waals surface area contributed by atoms with Crippen LogP contribution in [-0.4, -0.2) is 16.8 Å². The number of benzene rings is 1. The number of amides is 1. The highest BCUT2D eigenvalue weighted by atomic mass is 19.1. The third kappa shape index (κ3) is 3.27. The minimum atomic E-state index is -0.228. The first-order valence-corrected chi connectivity index (χ1v) is 7.43. The Balaban J connectivity index is 1.64. The molecule has 0 heterocycles. The molecular weight excluding hydrogens is 253 g/mol. The molecule has 20 heavy (non-hydrogen) atoms. The summed E-state index contributed by atoms with van der Waals surface area (Å²) < 4.78 is 12.9. The van der Waals surface area contributed by atoms with Crippen molar-refractivity contribution in [1.29, 1.82) is 0 Å². The highest BCUT2D eigenvalue weighted by Gasteiger charge is 2.33. The molecule has 0 N–H and O–H groups in total. The van der Waals surface area contributed by atoms with Gasteiger partial charge < -0.3 is 4.90 Å². The number of rotatable bonds is 5. The Morgan fingerprint density at radius 3 is 2.55 bits per heavy atom. The monoisotopic (exact) mass is 273 g/mol. The van der Waals surface area contributed by atoms with E-state index in [-0.39, 0.29) is 11.7 Å². The van der Waals surface area contributed by atoms with Crippen LogP contribution in [0.5, 0.6) is 0 Å². The molecule has 0 saturated heterocycles. The molecule has 3 heteroatoms. The Kier molecular flexibility index (Phi) is 3.86. The van der Waals surface area contributed by atoms with Crippen molar-refractivity contribution in [2.24, 2.45) is 5.92 Å². The van der Waals surface area contributed by atoms with Gasteiger partial charge in [-0.15, -0.1) is 0 Å². The standard InChI is InChI=1S/C17H20FNO/c18-15-7-5-14(6-8-15)12-19(16-9-10-16)17(20)11-13-3-1-2-4-13/h1,3,5-8,13,16H,2,4,9-12H2. The van der Waals surface area contributed by atoms with Crippen molar-refractivity contribution < 1.29 is 9.18 Å². The Hall–Kier alpha value is -1.64. The second-order valence-electron chi connectivity index (χ2n) is 5.85. The minimum Gasteiger partial charge on any atom is -0.335 e. The highest BCUT2D eigenvalue weighted by Crippen LogP contribution is 2.31. The zero-order valence-electron chi connectivity index (χ0n) is 11.6. The number of nitrogens with zero attached hydrogens (tertiary/aromatic N) is 1. The van der Waals surface area contributed by atoms with Crippen LogP contribution in [-0.2, 0) is 11.3 Å². The lowest BCUT2D eigenvalue weighted by atomic mass is 10.0. The molecule has 1 aromatic carbocycles.